The molecule has 0 spiro atoms. The molecule has 1 aromatic rings. The molecule has 0 amide bonds. The first-order valence-electron chi connectivity index (χ1n) is 6.17. The fourth-order valence-electron chi connectivity index (χ4n) is 1.37. The molecule has 1 unspecified atom stereocenters. The highest BCUT2D eigenvalue weighted by atomic mass is 32.2. The van der Waals surface area contributed by atoms with Gasteiger partial charge in [0.05, 0.1) is 6.10 Å². The molecule has 19 heavy (non-hydrogen) atoms. The predicted molar refractivity (Wildman–Crippen MR) is 79.4 cm³/mol. The van der Waals surface area contributed by atoms with Gasteiger partial charge in [0.15, 0.2) is 0 Å². The van der Waals surface area contributed by atoms with Crippen molar-refractivity contribution < 1.29 is 4.74 Å². The Balaban J connectivity index is 2.70. The van der Waals surface area contributed by atoms with Crippen LogP contribution < -0.4 is 21.3 Å². The molecule has 4 N–H and O–H groups in total. The van der Waals surface area contributed by atoms with Crippen LogP contribution in [-0.4, -0.2) is 39.6 Å². The number of nitrogens with zero attached hydrogens (tertiary/aromatic N) is 3. The predicted octanol–water partition coefficient (Wildman–Crippen LogP) is 1.36. The van der Waals surface area contributed by atoms with E-state index in [-0.39, 0.29) is 18.1 Å². The number of aromatic nitrogens is 3. The molecule has 0 aliphatic rings. The van der Waals surface area contributed by atoms with Crippen LogP contribution in [0.3, 0.4) is 0 Å². The van der Waals surface area contributed by atoms with E-state index in [1.807, 2.05) is 25.6 Å². The SMILES string of the molecule is CSCC(C)CNc1nc(NN)nc(OC(C)C)n1. The van der Waals surface area contributed by atoms with Gasteiger partial charge in [-0.1, -0.05) is 6.92 Å². The summed E-state index contributed by atoms with van der Waals surface area (Å²) in [7, 11) is 0. The van der Waals surface area contributed by atoms with E-state index in [2.05, 4.69) is 38.9 Å². The summed E-state index contributed by atoms with van der Waals surface area (Å²) in [5, 5.41) is 3.17. The monoisotopic (exact) mass is 286 g/mol. The normalized spacial score (nSPS) is 12.3. The van der Waals surface area contributed by atoms with E-state index in [4.69, 9.17) is 10.6 Å². The largest absolute Gasteiger partial charge is 0.461 e. The third kappa shape index (κ3) is 5.93. The van der Waals surface area contributed by atoms with Crippen molar-refractivity contribution in [3.63, 3.8) is 0 Å². The van der Waals surface area contributed by atoms with Gasteiger partial charge in [-0.2, -0.15) is 26.7 Å². The Bertz CT molecular complexity index is 389. The Morgan fingerprint density at radius 3 is 2.47 bits per heavy atom. The summed E-state index contributed by atoms with van der Waals surface area (Å²) < 4.78 is 5.45. The second-order valence-corrected chi connectivity index (χ2v) is 5.43. The van der Waals surface area contributed by atoms with E-state index < -0.39 is 0 Å². The molecule has 1 aromatic heterocycles. The van der Waals surface area contributed by atoms with Crippen molar-refractivity contribution in [3.8, 4) is 6.01 Å². The highest BCUT2D eigenvalue weighted by Crippen LogP contribution is 2.13. The smallest absolute Gasteiger partial charge is 0.323 e. The summed E-state index contributed by atoms with van der Waals surface area (Å²) in [6, 6.07) is 0.262. The van der Waals surface area contributed by atoms with E-state index in [1.165, 1.54) is 0 Å². The van der Waals surface area contributed by atoms with E-state index in [0.29, 0.717) is 11.9 Å². The molecule has 0 aliphatic carbocycles. The highest BCUT2D eigenvalue weighted by Gasteiger charge is 2.09. The minimum atomic E-state index is -0.00344. The molecule has 0 saturated heterocycles. The number of nitrogens with one attached hydrogen (secondary N) is 2. The lowest BCUT2D eigenvalue weighted by Crippen LogP contribution is -2.19. The highest BCUT2D eigenvalue weighted by molar-refractivity contribution is 7.98. The summed E-state index contributed by atoms with van der Waals surface area (Å²) in [6.07, 6.45) is 2.08. The number of anilines is 2. The van der Waals surface area contributed by atoms with Gasteiger partial charge in [-0.15, -0.1) is 0 Å². The third-order valence-corrected chi connectivity index (χ3v) is 3.05. The van der Waals surface area contributed by atoms with Gasteiger partial charge < -0.3 is 10.1 Å². The van der Waals surface area contributed by atoms with E-state index >= 15 is 0 Å². The summed E-state index contributed by atoms with van der Waals surface area (Å²) in [4.78, 5) is 12.4. The van der Waals surface area contributed by atoms with Crippen molar-refractivity contribution in [1.82, 2.24) is 15.0 Å². The molecule has 0 aromatic carbocycles. The minimum absolute atomic E-state index is 0.00344. The Morgan fingerprint density at radius 2 is 1.89 bits per heavy atom. The molecule has 0 bridgehead atoms. The molecule has 7 nitrogen and oxygen atoms in total. The van der Waals surface area contributed by atoms with Crippen molar-refractivity contribution in [2.24, 2.45) is 11.8 Å². The lowest BCUT2D eigenvalue weighted by molar-refractivity contribution is 0.222. The Morgan fingerprint density at radius 1 is 1.21 bits per heavy atom. The second-order valence-electron chi connectivity index (χ2n) is 4.52. The van der Waals surface area contributed by atoms with Crippen molar-refractivity contribution >= 4 is 23.7 Å². The summed E-state index contributed by atoms with van der Waals surface area (Å²) in [6.45, 7) is 6.77. The lowest BCUT2D eigenvalue weighted by Gasteiger charge is -2.13. The Labute approximate surface area is 118 Å². The van der Waals surface area contributed by atoms with Gasteiger partial charge in [0.2, 0.25) is 11.9 Å². The first-order valence-corrected chi connectivity index (χ1v) is 7.56. The van der Waals surface area contributed by atoms with Crippen LogP contribution in [0.15, 0.2) is 0 Å². The first kappa shape index (κ1) is 15.8. The molecule has 0 radical (unpaired) electrons. The van der Waals surface area contributed by atoms with Gasteiger partial charge in [-0.25, -0.2) is 5.84 Å². The molecule has 0 aliphatic heterocycles. The van der Waals surface area contributed by atoms with Crippen molar-refractivity contribution in [1.29, 1.82) is 0 Å². The number of thioether (sulfide) groups is 1. The minimum Gasteiger partial charge on any atom is -0.461 e. The molecule has 0 fully saturated rings. The lowest BCUT2D eigenvalue weighted by atomic mass is 10.2. The van der Waals surface area contributed by atoms with Crippen LogP contribution in [0.2, 0.25) is 0 Å². The van der Waals surface area contributed by atoms with E-state index in [9.17, 15) is 0 Å². The van der Waals surface area contributed by atoms with E-state index in [1.54, 1.807) is 0 Å². The average Bonchev–Trinajstić information content (AvgIpc) is 2.35. The number of nitrogens with two attached hydrogens (primary N) is 1. The fourth-order valence-corrected chi connectivity index (χ4v) is 2.06. The first-order chi connectivity index (χ1) is 9.05. The molecular weight excluding hydrogens is 264 g/mol. The fraction of sp³-hybridized carbons (Fsp3) is 0.727. The van der Waals surface area contributed by atoms with E-state index in [0.717, 1.165) is 12.3 Å². The number of hydrazine groups is 1. The summed E-state index contributed by atoms with van der Waals surface area (Å²) in [5.74, 6) is 7.68. The summed E-state index contributed by atoms with van der Waals surface area (Å²) in [5.41, 5.74) is 2.41. The van der Waals surface area contributed by atoms with Gasteiger partial charge in [-0.3, -0.25) is 5.43 Å². The van der Waals surface area contributed by atoms with Crippen LogP contribution in [0.1, 0.15) is 20.8 Å². The van der Waals surface area contributed by atoms with Crippen molar-refractivity contribution in [2.45, 2.75) is 26.9 Å². The standard InChI is InChI=1S/C11H22N6OS/c1-7(2)18-11-15-9(14-10(16-11)17-12)13-5-8(3)6-19-4/h7-8H,5-6,12H2,1-4H3,(H2,13,14,15,16,17). The topological polar surface area (TPSA) is 98.0 Å². The maximum atomic E-state index is 5.45. The van der Waals surface area contributed by atoms with Crippen molar-refractivity contribution in [3.05, 3.63) is 0 Å². The molecule has 1 heterocycles. The van der Waals surface area contributed by atoms with Crippen LogP contribution >= 0.6 is 11.8 Å². The number of nitrogen functional groups attached to an aromatic ring is 1. The zero-order valence-electron chi connectivity index (χ0n) is 11.8. The number of hydrogen-bond donors (Lipinski definition) is 3. The van der Waals surface area contributed by atoms with Crippen LogP contribution in [0.25, 0.3) is 0 Å². The maximum absolute atomic E-state index is 5.45. The molecule has 1 atom stereocenters. The van der Waals surface area contributed by atoms with Gasteiger partial charge in [0.25, 0.3) is 0 Å². The molecule has 108 valence electrons. The molecule has 8 heteroatoms. The molecule has 0 saturated carbocycles. The summed E-state index contributed by atoms with van der Waals surface area (Å²) >= 11 is 1.81. The van der Waals surface area contributed by atoms with Gasteiger partial charge in [-0.05, 0) is 31.8 Å². The van der Waals surface area contributed by atoms with Crippen LogP contribution in [0.4, 0.5) is 11.9 Å². The Hall–Kier alpha value is -1.28. The Kier molecular flexibility index (Phi) is 6.65. The number of ether oxygens (including phenoxy) is 1. The van der Waals surface area contributed by atoms with Crippen molar-refractivity contribution in [2.75, 3.05) is 29.3 Å². The van der Waals surface area contributed by atoms with Gasteiger partial charge in [0.1, 0.15) is 0 Å². The average molecular weight is 286 g/mol. The van der Waals surface area contributed by atoms with Gasteiger partial charge in [0, 0.05) is 6.54 Å². The maximum Gasteiger partial charge on any atom is 0.323 e. The molecule has 1 rings (SSSR count). The zero-order valence-corrected chi connectivity index (χ0v) is 12.6. The number of rotatable bonds is 8. The van der Waals surface area contributed by atoms with Gasteiger partial charge >= 0.3 is 6.01 Å². The zero-order chi connectivity index (χ0) is 14.3. The van der Waals surface area contributed by atoms with Crippen LogP contribution in [-0.2, 0) is 0 Å². The second kappa shape index (κ2) is 8.00. The number of hydrogen-bond acceptors (Lipinski definition) is 8. The third-order valence-electron chi connectivity index (χ3n) is 2.14. The van der Waals surface area contributed by atoms with Crippen LogP contribution in [0, 0.1) is 5.92 Å². The molecular formula is C11H22N6OS. The van der Waals surface area contributed by atoms with Crippen LogP contribution in [0.5, 0.6) is 6.01 Å². The quantitative estimate of drug-likeness (QED) is 0.487.